The van der Waals surface area contributed by atoms with E-state index in [0.717, 1.165) is 32.1 Å². The highest BCUT2D eigenvalue weighted by atomic mass is 32.2. The zero-order valence-corrected chi connectivity index (χ0v) is 18.1. The van der Waals surface area contributed by atoms with Crippen LogP contribution in [0.4, 0.5) is 5.69 Å². The molecule has 0 unspecified atom stereocenters. The summed E-state index contributed by atoms with van der Waals surface area (Å²) in [5.41, 5.74) is 1.63. The van der Waals surface area contributed by atoms with Crippen LogP contribution in [0.1, 0.15) is 42.5 Å². The summed E-state index contributed by atoms with van der Waals surface area (Å²) in [5, 5.41) is 6.96. The molecule has 0 radical (unpaired) electrons. The molecular formula is C22H25N5O3S. The molecule has 1 fully saturated rings. The zero-order chi connectivity index (χ0) is 21.8. The Morgan fingerprint density at radius 3 is 2.45 bits per heavy atom. The van der Waals surface area contributed by atoms with E-state index in [0.29, 0.717) is 16.9 Å². The van der Waals surface area contributed by atoms with Gasteiger partial charge >= 0.3 is 0 Å². The molecule has 8 nitrogen and oxygen atoms in total. The van der Waals surface area contributed by atoms with Gasteiger partial charge in [0.25, 0.3) is 5.91 Å². The van der Waals surface area contributed by atoms with Gasteiger partial charge in [-0.3, -0.25) is 4.79 Å². The first kappa shape index (κ1) is 21.2. The number of sulfonamides is 1. The number of hydrogen-bond donors (Lipinski definition) is 1. The van der Waals surface area contributed by atoms with Crippen molar-refractivity contribution in [2.75, 3.05) is 12.4 Å². The van der Waals surface area contributed by atoms with Crippen LogP contribution in [0.2, 0.25) is 0 Å². The lowest BCUT2D eigenvalue weighted by molar-refractivity contribution is 0.102. The summed E-state index contributed by atoms with van der Waals surface area (Å²) in [4.78, 5) is 16.9. The number of amides is 1. The highest BCUT2D eigenvalue weighted by Gasteiger charge is 2.29. The summed E-state index contributed by atoms with van der Waals surface area (Å²) < 4.78 is 29.0. The van der Waals surface area contributed by atoms with Crippen molar-refractivity contribution in [2.24, 2.45) is 0 Å². The zero-order valence-electron chi connectivity index (χ0n) is 17.3. The van der Waals surface area contributed by atoms with Gasteiger partial charge < -0.3 is 5.32 Å². The molecule has 1 amide bonds. The number of nitrogens with one attached hydrogen (secondary N) is 1. The van der Waals surface area contributed by atoms with Crippen LogP contribution in [0.25, 0.3) is 5.69 Å². The maximum atomic E-state index is 13.0. The van der Waals surface area contributed by atoms with Crippen molar-refractivity contribution < 1.29 is 13.2 Å². The van der Waals surface area contributed by atoms with Gasteiger partial charge in [-0.25, -0.2) is 18.1 Å². The van der Waals surface area contributed by atoms with Gasteiger partial charge in [-0.15, -0.1) is 0 Å². The van der Waals surface area contributed by atoms with E-state index >= 15 is 0 Å². The average molecular weight is 440 g/mol. The maximum absolute atomic E-state index is 13.0. The van der Waals surface area contributed by atoms with Crippen molar-refractivity contribution in [3.63, 3.8) is 0 Å². The molecule has 1 heterocycles. The third kappa shape index (κ3) is 4.52. The molecule has 1 aliphatic rings. The van der Waals surface area contributed by atoms with Crippen molar-refractivity contribution in [1.82, 2.24) is 19.1 Å². The van der Waals surface area contributed by atoms with Crippen LogP contribution in [-0.2, 0) is 10.0 Å². The first-order valence-electron chi connectivity index (χ1n) is 10.3. The van der Waals surface area contributed by atoms with Gasteiger partial charge in [-0.05, 0) is 49.2 Å². The number of aromatic nitrogens is 3. The standard InChI is InChI=1S/C22H25N5O3S/c1-26(18-7-3-2-4-8-18)31(29,30)19-13-11-17(12-14-19)22(28)25-20-9-5-6-10-21(20)27-16-23-15-24-27/h5-6,9-16,18H,2-4,7-8H2,1H3,(H,25,28). The minimum Gasteiger partial charge on any atom is -0.320 e. The van der Waals surface area contributed by atoms with E-state index in [-0.39, 0.29) is 16.8 Å². The van der Waals surface area contributed by atoms with Crippen LogP contribution in [0.5, 0.6) is 0 Å². The molecule has 1 N–H and O–H groups in total. The molecule has 0 spiro atoms. The highest BCUT2D eigenvalue weighted by Crippen LogP contribution is 2.27. The topological polar surface area (TPSA) is 97.2 Å². The molecule has 0 atom stereocenters. The normalized spacial score (nSPS) is 15.2. The van der Waals surface area contributed by atoms with Crippen molar-refractivity contribution in [2.45, 2.75) is 43.0 Å². The Morgan fingerprint density at radius 1 is 1.06 bits per heavy atom. The lowest BCUT2D eigenvalue weighted by Crippen LogP contribution is -2.38. The summed E-state index contributed by atoms with van der Waals surface area (Å²) in [6, 6.07) is 13.3. The molecule has 2 aromatic carbocycles. The lowest BCUT2D eigenvalue weighted by Gasteiger charge is -2.30. The molecular weight excluding hydrogens is 414 g/mol. The molecule has 4 rings (SSSR count). The Labute approximate surface area is 182 Å². The largest absolute Gasteiger partial charge is 0.320 e. The molecule has 0 saturated heterocycles. The molecule has 162 valence electrons. The van der Waals surface area contributed by atoms with Gasteiger partial charge in [-0.2, -0.15) is 9.40 Å². The van der Waals surface area contributed by atoms with Crippen LogP contribution in [0.3, 0.4) is 0 Å². The summed E-state index contributed by atoms with van der Waals surface area (Å²) in [6.45, 7) is 0. The smallest absolute Gasteiger partial charge is 0.255 e. The molecule has 1 aromatic heterocycles. The minimum atomic E-state index is -3.59. The molecule has 9 heteroatoms. The monoisotopic (exact) mass is 439 g/mol. The predicted octanol–water partition coefficient (Wildman–Crippen LogP) is 3.47. The second-order valence-corrected chi connectivity index (χ2v) is 9.65. The van der Waals surface area contributed by atoms with E-state index in [4.69, 9.17) is 0 Å². The average Bonchev–Trinajstić information content (AvgIpc) is 3.34. The Bertz CT molecular complexity index is 1140. The Kier molecular flexibility index (Phi) is 6.15. The van der Waals surface area contributed by atoms with Gasteiger partial charge in [0, 0.05) is 18.7 Å². The first-order valence-corrected chi connectivity index (χ1v) is 11.7. The number of carbonyl (C=O) groups excluding carboxylic acids is 1. The van der Waals surface area contributed by atoms with Crippen LogP contribution in [0.15, 0.2) is 66.1 Å². The fraction of sp³-hybridized carbons (Fsp3) is 0.318. The van der Waals surface area contributed by atoms with Gasteiger partial charge in [-0.1, -0.05) is 31.4 Å². The van der Waals surface area contributed by atoms with Crippen molar-refractivity contribution >= 4 is 21.6 Å². The van der Waals surface area contributed by atoms with E-state index in [1.807, 2.05) is 18.2 Å². The molecule has 3 aromatic rings. The summed E-state index contributed by atoms with van der Waals surface area (Å²) >= 11 is 0. The van der Waals surface area contributed by atoms with E-state index in [1.54, 1.807) is 24.1 Å². The summed E-state index contributed by atoms with van der Waals surface area (Å²) in [6.07, 6.45) is 8.02. The Balaban J connectivity index is 1.50. The number of carbonyl (C=O) groups is 1. The molecule has 0 aliphatic heterocycles. The highest BCUT2D eigenvalue weighted by molar-refractivity contribution is 7.89. The minimum absolute atomic E-state index is 0.0370. The third-order valence-corrected chi connectivity index (χ3v) is 7.62. The number of benzene rings is 2. The molecule has 31 heavy (non-hydrogen) atoms. The van der Waals surface area contributed by atoms with E-state index in [2.05, 4.69) is 15.4 Å². The quantitative estimate of drug-likeness (QED) is 0.634. The SMILES string of the molecule is CN(C1CCCCC1)S(=O)(=O)c1ccc(C(=O)Nc2ccccc2-n2cncn2)cc1. The Hall–Kier alpha value is -3.04. The fourth-order valence-corrected chi connectivity index (χ4v) is 5.31. The van der Waals surface area contributed by atoms with Gasteiger partial charge in [0.05, 0.1) is 16.3 Å². The van der Waals surface area contributed by atoms with Crippen molar-refractivity contribution in [3.05, 3.63) is 66.7 Å². The van der Waals surface area contributed by atoms with Crippen LogP contribution >= 0.6 is 0 Å². The third-order valence-electron chi connectivity index (χ3n) is 5.70. The van der Waals surface area contributed by atoms with E-state index < -0.39 is 10.0 Å². The van der Waals surface area contributed by atoms with E-state index in [9.17, 15) is 13.2 Å². The molecule has 0 bridgehead atoms. The van der Waals surface area contributed by atoms with Crippen LogP contribution < -0.4 is 5.32 Å². The maximum Gasteiger partial charge on any atom is 0.255 e. The van der Waals surface area contributed by atoms with Gasteiger partial charge in [0.1, 0.15) is 12.7 Å². The number of rotatable bonds is 6. The first-order chi connectivity index (χ1) is 15.0. The number of hydrogen-bond acceptors (Lipinski definition) is 5. The Morgan fingerprint density at radius 2 is 1.77 bits per heavy atom. The number of para-hydroxylation sites is 2. The van der Waals surface area contributed by atoms with Gasteiger partial charge in [0.15, 0.2) is 0 Å². The van der Waals surface area contributed by atoms with Crippen LogP contribution in [0, 0.1) is 0 Å². The molecule has 1 aliphatic carbocycles. The van der Waals surface area contributed by atoms with Crippen LogP contribution in [-0.4, -0.2) is 46.5 Å². The number of anilines is 1. The second kappa shape index (κ2) is 8.99. The second-order valence-electron chi connectivity index (χ2n) is 7.65. The van der Waals surface area contributed by atoms with Gasteiger partial charge in [0.2, 0.25) is 10.0 Å². The predicted molar refractivity (Wildman–Crippen MR) is 118 cm³/mol. The summed E-state index contributed by atoms with van der Waals surface area (Å²) in [7, 11) is -1.95. The summed E-state index contributed by atoms with van der Waals surface area (Å²) in [5.74, 6) is -0.336. The lowest BCUT2D eigenvalue weighted by atomic mass is 9.96. The van der Waals surface area contributed by atoms with Crippen molar-refractivity contribution in [3.8, 4) is 5.69 Å². The molecule has 1 saturated carbocycles. The number of nitrogens with zero attached hydrogens (tertiary/aromatic N) is 4. The fourth-order valence-electron chi connectivity index (χ4n) is 3.89. The van der Waals surface area contributed by atoms with Crippen molar-refractivity contribution in [1.29, 1.82) is 0 Å². The van der Waals surface area contributed by atoms with E-state index in [1.165, 1.54) is 34.9 Å².